The number of carbonyl (C=O) groups excluding carboxylic acids is 10. The lowest BCUT2D eigenvalue weighted by atomic mass is 9.80. The monoisotopic (exact) mass is 1300 g/mol. The summed E-state index contributed by atoms with van der Waals surface area (Å²) in [5.74, 6) is -3.13. The molecule has 0 bridgehead atoms. The van der Waals surface area contributed by atoms with E-state index in [-0.39, 0.29) is 114 Å². The van der Waals surface area contributed by atoms with Crippen molar-refractivity contribution in [1.29, 1.82) is 0 Å². The van der Waals surface area contributed by atoms with E-state index in [2.05, 4.69) is 27.8 Å². The molecule has 0 spiro atoms. The number of likely N-dealkylation sites (N-methyl/N-ethyl adjacent to an activating group) is 3. The van der Waals surface area contributed by atoms with Crippen LogP contribution in [0.25, 0.3) is 22.3 Å². The Morgan fingerprint density at radius 3 is 2.14 bits per heavy atom. The highest BCUT2D eigenvalue weighted by Crippen LogP contribution is 2.40. The first kappa shape index (κ1) is 71.7. The van der Waals surface area contributed by atoms with Crippen LogP contribution in [-0.4, -0.2) is 200 Å². The number of nitrogens with two attached hydrogens (primary N) is 1. The van der Waals surface area contributed by atoms with Crippen molar-refractivity contribution in [3.05, 3.63) is 111 Å². The van der Waals surface area contributed by atoms with Crippen molar-refractivity contribution in [2.45, 2.75) is 110 Å². The highest BCUT2D eigenvalue weighted by molar-refractivity contribution is 6.12. The Bertz CT molecular complexity index is 3600. The highest BCUT2D eigenvalue weighted by Gasteiger charge is 2.41. The van der Waals surface area contributed by atoms with E-state index in [0.29, 0.717) is 83.4 Å². The third-order valence-electron chi connectivity index (χ3n) is 16.4. The van der Waals surface area contributed by atoms with E-state index in [0.717, 1.165) is 16.0 Å². The normalized spacial score (nSPS) is 14.1. The summed E-state index contributed by atoms with van der Waals surface area (Å²) in [5.41, 5.74) is 9.67. The van der Waals surface area contributed by atoms with Crippen molar-refractivity contribution in [2.75, 3.05) is 99.1 Å². The molecule has 28 heteroatoms. The Morgan fingerprint density at radius 2 is 1.47 bits per heavy atom. The number of unbranched alkanes of at least 4 members (excludes halogenated alkanes) is 2. The number of benzene rings is 2. The number of primary amides is 1. The number of rotatable bonds is 32. The van der Waals surface area contributed by atoms with Gasteiger partial charge in [-0.3, -0.25) is 38.5 Å². The zero-order chi connectivity index (χ0) is 68.6. The van der Waals surface area contributed by atoms with Crippen LogP contribution in [-0.2, 0) is 79.3 Å². The molecule has 10 amide bonds. The topological polar surface area (TPSA) is 342 Å². The van der Waals surface area contributed by atoms with Crippen LogP contribution >= 0.6 is 0 Å². The second-order valence-corrected chi connectivity index (χ2v) is 24.3. The Kier molecular flexibility index (Phi) is 25.0. The van der Waals surface area contributed by atoms with Gasteiger partial charge >= 0.3 is 30.3 Å². The average Bonchev–Trinajstić information content (AvgIpc) is 1.51. The summed E-state index contributed by atoms with van der Waals surface area (Å²) in [6.45, 7) is 14.2. The lowest BCUT2D eigenvalue weighted by Crippen LogP contribution is -2.55. The summed E-state index contributed by atoms with van der Waals surface area (Å²) < 4.78 is 29.9. The second kappa shape index (κ2) is 32.7. The van der Waals surface area contributed by atoms with Gasteiger partial charge in [-0.25, -0.2) is 24.2 Å². The van der Waals surface area contributed by atoms with E-state index in [1.54, 1.807) is 81.8 Å². The molecule has 4 aromatic rings. The molecule has 506 valence electrons. The molecular formula is C66H86N12O16. The standard InChI is InChI=1S/C66H86N12O16/c1-11-45-46-35-44(20-21-50(46)70-57-47(45)37-78-51(57)36-49-48(60(78)84)39-92-61(85)66(49,5)6)94-65(89)76(31-32-90-33-34-91-63(87)74(9)28-27-73(7)8)30-29-75(10)64(88)93-38-42-16-18-43(19-17-42)69-59(83)56(41(4)24-25-68-62(67)86)72-58(82)55(40(2)3)71-52(79)15-13-12-14-26-77-53(80)22-23-54(77)81/h16-23,35-36,40,55-56H,4,11-15,24-34,37-39H2,1-3,5-10H3,(H,69,83)(H,71,79)(H,72,82)(H3,67,68,86)/t55-,56?/m0/s1. The number of amides is 10. The molecule has 0 aliphatic carbocycles. The zero-order valence-corrected chi connectivity index (χ0v) is 54.9. The number of cyclic esters (lactones) is 1. The Labute approximate surface area is 545 Å². The fourth-order valence-corrected chi connectivity index (χ4v) is 10.8. The summed E-state index contributed by atoms with van der Waals surface area (Å²) in [6, 6.07) is 10.1. The summed E-state index contributed by atoms with van der Waals surface area (Å²) in [5, 5.41) is 11.4. The van der Waals surface area contributed by atoms with Crippen LogP contribution in [0.5, 0.6) is 5.75 Å². The number of nitrogens with zero attached hydrogens (tertiary/aromatic N) is 7. The van der Waals surface area contributed by atoms with Gasteiger partial charge in [0.05, 0.1) is 47.6 Å². The first-order chi connectivity index (χ1) is 44.7. The lowest BCUT2D eigenvalue weighted by molar-refractivity contribution is -0.152. The minimum Gasteiger partial charge on any atom is -0.460 e. The van der Waals surface area contributed by atoms with Gasteiger partial charge in [-0.05, 0) is 118 Å². The van der Waals surface area contributed by atoms with Crippen molar-refractivity contribution >= 4 is 76.4 Å². The van der Waals surface area contributed by atoms with Crippen LogP contribution < -0.4 is 37.3 Å². The van der Waals surface area contributed by atoms with Crippen LogP contribution in [0.2, 0.25) is 0 Å². The van der Waals surface area contributed by atoms with Gasteiger partial charge in [-0.1, -0.05) is 45.9 Å². The number of aromatic nitrogens is 2. The highest BCUT2D eigenvalue weighted by atomic mass is 16.6. The van der Waals surface area contributed by atoms with Gasteiger partial charge < -0.3 is 74.9 Å². The molecule has 6 N–H and O–H groups in total. The van der Waals surface area contributed by atoms with Gasteiger partial charge in [-0.2, -0.15) is 0 Å². The number of esters is 1. The minimum atomic E-state index is -1.33. The molecule has 0 saturated carbocycles. The largest absolute Gasteiger partial charge is 0.460 e. The van der Waals surface area contributed by atoms with Crippen LogP contribution in [0, 0.1) is 5.92 Å². The number of hydrogen-bond acceptors (Lipinski definition) is 18. The van der Waals surface area contributed by atoms with E-state index in [1.807, 2.05) is 32.0 Å². The molecule has 7 rings (SSSR count). The van der Waals surface area contributed by atoms with Crippen LogP contribution in [0.1, 0.15) is 94.5 Å². The summed E-state index contributed by atoms with van der Waals surface area (Å²) >= 11 is 0. The summed E-state index contributed by atoms with van der Waals surface area (Å²) in [6.07, 6.45) is 2.57. The number of ether oxygens (including phenoxy) is 5. The van der Waals surface area contributed by atoms with Gasteiger partial charge in [0.25, 0.3) is 23.3 Å². The molecule has 0 fully saturated rings. The quantitative estimate of drug-likeness (QED) is 0.0128. The third-order valence-corrected chi connectivity index (χ3v) is 16.4. The van der Waals surface area contributed by atoms with Crippen molar-refractivity contribution in [2.24, 2.45) is 11.7 Å². The predicted octanol–water partition coefficient (Wildman–Crippen LogP) is 4.70. The Morgan fingerprint density at radius 1 is 0.777 bits per heavy atom. The SMILES string of the molecule is C=C(CCNC(N)=O)C(NC(=O)[C@@H](NC(=O)CCCCCN1C(=O)C=CC1=O)C(C)C)C(=O)Nc1ccc(COC(=O)N(C)CCN(CCOCCOC(=O)N(C)CCN(C)C)C(=O)Oc2ccc3nc4c(c(CC)c3c2)Cn2c-4cc3c(c2=O)COC(=O)C3(C)C)cc1. The predicted molar refractivity (Wildman–Crippen MR) is 346 cm³/mol. The Balaban J connectivity index is 0.958. The van der Waals surface area contributed by atoms with Gasteiger partial charge in [-0.15, -0.1) is 0 Å². The summed E-state index contributed by atoms with van der Waals surface area (Å²) in [4.78, 5) is 155. The molecule has 0 radical (unpaired) electrons. The maximum atomic E-state index is 14.2. The van der Waals surface area contributed by atoms with Gasteiger partial charge in [0.2, 0.25) is 11.8 Å². The maximum absolute atomic E-state index is 14.2. The molecule has 0 saturated heterocycles. The number of hydrogen-bond donors (Lipinski definition) is 5. The van der Waals surface area contributed by atoms with Gasteiger partial charge in [0.15, 0.2) is 0 Å². The van der Waals surface area contributed by atoms with Crippen molar-refractivity contribution in [1.82, 2.24) is 50.0 Å². The average molecular weight is 1300 g/mol. The number of imide groups is 1. The maximum Gasteiger partial charge on any atom is 0.415 e. The molecule has 3 aliphatic rings. The number of fused-ring (bicyclic) bond motifs is 5. The molecule has 2 aromatic carbocycles. The Hall–Kier alpha value is -9.70. The second-order valence-electron chi connectivity index (χ2n) is 24.3. The number of anilines is 1. The number of nitrogens with one attached hydrogen (secondary N) is 4. The van der Waals surface area contributed by atoms with Crippen molar-refractivity contribution < 1.29 is 71.6 Å². The number of aryl methyl sites for hydroxylation is 1. The first-order valence-corrected chi connectivity index (χ1v) is 31.3. The molecule has 3 aliphatic heterocycles. The third kappa shape index (κ3) is 18.5. The number of pyridine rings is 2. The molecular weight excluding hydrogens is 1220 g/mol. The van der Waals surface area contributed by atoms with Crippen LogP contribution in [0.15, 0.2) is 77.6 Å². The molecule has 2 aromatic heterocycles. The first-order valence-electron chi connectivity index (χ1n) is 31.3. The fraction of sp³-hybridized carbons (Fsp3) is 0.485. The van der Waals surface area contributed by atoms with Crippen molar-refractivity contribution in [3.63, 3.8) is 0 Å². The van der Waals surface area contributed by atoms with E-state index < -0.39 is 71.4 Å². The van der Waals surface area contributed by atoms with Crippen LogP contribution in [0.3, 0.4) is 0 Å². The van der Waals surface area contributed by atoms with Crippen molar-refractivity contribution in [3.8, 4) is 17.1 Å². The number of carbonyl (C=O) groups is 10. The van der Waals surface area contributed by atoms with E-state index in [1.165, 1.54) is 33.9 Å². The van der Waals surface area contributed by atoms with Crippen LogP contribution in [0.4, 0.5) is 24.9 Å². The lowest BCUT2D eigenvalue weighted by Gasteiger charge is -2.30. The van der Waals surface area contributed by atoms with Gasteiger partial charge in [0.1, 0.15) is 37.7 Å². The zero-order valence-electron chi connectivity index (χ0n) is 54.9. The van der Waals surface area contributed by atoms with Gasteiger partial charge in [0, 0.05) is 95.1 Å². The van der Waals surface area contributed by atoms with E-state index in [4.69, 9.17) is 34.4 Å². The molecule has 1 unspecified atom stereocenters. The molecule has 28 nitrogen and oxygen atoms in total. The molecule has 2 atom stereocenters. The van der Waals surface area contributed by atoms with E-state index in [9.17, 15) is 52.7 Å². The number of urea groups is 1. The minimum absolute atomic E-state index is 0.00952. The smallest absolute Gasteiger partial charge is 0.415 e. The summed E-state index contributed by atoms with van der Waals surface area (Å²) in [7, 11) is 6.93. The fourth-order valence-electron chi connectivity index (χ4n) is 10.8. The molecule has 5 heterocycles. The van der Waals surface area contributed by atoms with E-state index >= 15 is 0 Å². The molecule has 94 heavy (non-hydrogen) atoms.